The molecule has 0 aromatic heterocycles. The molecule has 2 nitrogen and oxygen atoms in total. The van der Waals surface area contributed by atoms with Gasteiger partial charge in [-0.1, -0.05) is 35.0 Å². The minimum Gasteiger partial charge on any atom is -0.366 e. The van der Waals surface area contributed by atoms with Crippen molar-refractivity contribution in [1.82, 2.24) is 0 Å². The molecule has 0 unspecified atom stereocenters. The molecule has 2 aromatic rings. The molecule has 3 heteroatoms. The van der Waals surface area contributed by atoms with E-state index in [9.17, 15) is 5.26 Å². The van der Waals surface area contributed by atoms with E-state index < -0.39 is 0 Å². The summed E-state index contributed by atoms with van der Waals surface area (Å²) in [4.78, 5) is 2.52. The summed E-state index contributed by atoms with van der Waals surface area (Å²) in [5.41, 5.74) is 6.89. The summed E-state index contributed by atoms with van der Waals surface area (Å²) in [6.07, 6.45) is 3.17. The van der Waals surface area contributed by atoms with Gasteiger partial charge in [-0.05, 0) is 92.6 Å². The molecule has 3 rings (SSSR count). The van der Waals surface area contributed by atoms with Crippen molar-refractivity contribution in [1.29, 1.82) is 5.26 Å². The number of hydrogen-bond donors (Lipinski definition) is 0. The lowest BCUT2D eigenvalue weighted by molar-refractivity contribution is 0.381. The molecule has 1 aliphatic heterocycles. The van der Waals surface area contributed by atoms with Gasteiger partial charge in [0.05, 0.1) is 11.6 Å². The van der Waals surface area contributed by atoms with Gasteiger partial charge in [0.15, 0.2) is 0 Å². The Morgan fingerprint density at radius 3 is 2.56 bits per heavy atom. The largest absolute Gasteiger partial charge is 0.366 e. The van der Waals surface area contributed by atoms with Gasteiger partial charge in [0.25, 0.3) is 0 Å². The molecule has 2 aromatic carbocycles. The van der Waals surface area contributed by atoms with Gasteiger partial charge in [-0.15, -0.1) is 0 Å². The van der Waals surface area contributed by atoms with E-state index in [1.807, 2.05) is 30.3 Å². The zero-order valence-electron chi connectivity index (χ0n) is 16.8. The van der Waals surface area contributed by atoms with Crippen LogP contribution in [-0.4, -0.2) is 12.1 Å². The molecule has 0 amide bonds. The number of allylic oxidation sites excluding steroid dienone is 1. The predicted molar refractivity (Wildman–Crippen MR) is 119 cm³/mol. The van der Waals surface area contributed by atoms with Crippen LogP contribution in [0.3, 0.4) is 0 Å². The molecular weight excluding hydrogens is 396 g/mol. The van der Waals surface area contributed by atoms with Gasteiger partial charge in [-0.2, -0.15) is 5.26 Å². The van der Waals surface area contributed by atoms with Crippen molar-refractivity contribution in [2.75, 3.05) is 11.4 Å². The van der Waals surface area contributed by atoms with Crippen LogP contribution >= 0.6 is 15.9 Å². The fraction of sp³-hybridized carbons (Fsp3) is 0.375. The van der Waals surface area contributed by atoms with E-state index in [0.717, 1.165) is 28.6 Å². The van der Waals surface area contributed by atoms with Gasteiger partial charge in [-0.3, -0.25) is 0 Å². The van der Waals surface area contributed by atoms with Gasteiger partial charge in [-0.25, -0.2) is 0 Å². The van der Waals surface area contributed by atoms with Crippen molar-refractivity contribution in [2.45, 2.75) is 52.5 Å². The fourth-order valence-electron chi connectivity index (χ4n) is 4.37. The van der Waals surface area contributed by atoms with Crippen LogP contribution in [0.25, 0.3) is 11.6 Å². The maximum atomic E-state index is 9.70. The number of nitriles is 1. The third kappa shape index (κ3) is 3.82. The number of aryl methyl sites for hydroxylation is 1. The highest BCUT2D eigenvalue weighted by atomic mass is 79.9. The summed E-state index contributed by atoms with van der Waals surface area (Å²) in [5, 5.41) is 9.70. The van der Waals surface area contributed by atoms with E-state index in [-0.39, 0.29) is 5.54 Å². The lowest BCUT2D eigenvalue weighted by Crippen LogP contribution is -2.48. The molecule has 0 saturated heterocycles. The SMILES string of the molecule is CCN1c2cc(C)c(/C=C(/C#N)c3ccc(Br)cc3)cc2[C@@H](C)CC1(C)C. The molecular formula is C24H27BrN2. The van der Waals surface area contributed by atoms with E-state index in [1.165, 1.54) is 16.8 Å². The first-order valence-corrected chi connectivity index (χ1v) is 10.4. The normalized spacial score (nSPS) is 18.8. The third-order valence-electron chi connectivity index (χ3n) is 5.67. The molecule has 0 N–H and O–H groups in total. The van der Waals surface area contributed by atoms with Crippen molar-refractivity contribution < 1.29 is 0 Å². The second-order valence-electron chi connectivity index (χ2n) is 8.11. The predicted octanol–water partition coefficient (Wildman–Crippen LogP) is 6.93. The Hall–Kier alpha value is -2.05. The number of nitrogens with zero attached hydrogens (tertiary/aromatic N) is 2. The Morgan fingerprint density at radius 1 is 1.30 bits per heavy atom. The van der Waals surface area contributed by atoms with Crippen molar-refractivity contribution in [3.8, 4) is 6.07 Å². The highest BCUT2D eigenvalue weighted by Crippen LogP contribution is 2.44. The van der Waals surface area contributed by atoms with Gasteiger partial charge in [0.1, 0.15) is 0 Å². The zero-order valence-corrected chi connectivity index (χ0v) is 18.4. The Labute approximate surface area is 171 Å². The molecule has 1 aliphatic rings. The third-order valence-corrected chi connectivity index (χ3v) is 6.19. The van der Waals surface area contributed by atoms with Gasteiger partial charge in [0.2, 0.25) is 0 Å². The average molecular weight is 423 g/mol. The molecule has 1 heterocycles. The van der Waals surface area contributed by atoms with Gasteiger partial charge in [0, 0.05) is 22.2 Å². The molecule has 0 saturated carbocycles. The van der Waals surface area contributed by atoms with E-state index in [0.29, 0.717) is 11.5 Å². The van der Waals surface area contributed by atoms with E-state index >= 15 is 0 Å². The van der Waals surface area contributed by atoms with E-state index in [1.54, 1.807) is 0 Å². The Morgan fingerprint density at radius 2 is 1.96 bits per heavy atom. The highest BCUT2D eigenvalue weighted by molar-refractivity contribution is 9.10. The van der Waals surface area contributed by atoms with Crippen LogP contribution in [0.4, 0.5) is 5.69 Å². The maximum Gasteiger partial charge on any atom is 0.0998 e. The Bertz CT molecular complexity index is 917. The maximum absolute atomic E-state index is 9.70. The van der Waals surface area contributed by atoms with Gasteiger partial charge >= 0.3 is 0 Å². The summed E-state index contributed by atoms with van der Waals surface area (Å²) in [6, 6.07) is 14.9. The lowest BCUT2D eigenvalue weighted by Gasteiger charge is -2.47. The molecule has 0 aliphatic carbocycles. The highest BCUT2D eigenvalue weighted by Gasteiger charge is 2.35. The molecule has 0 radical (unpaired) electrons. The molecule has 0 spiro atoms. The Kier molecular flexibility index (Phi) is 5.49. The zero-order chi connectivity index (χ0) is 19.8. The van der Waals surface area contributed by atoms with E-state index in [4.69, 9.17) is 0 Å². The molecule has 0 bridgehead atoms. The van der Waals surface area contributed by atoms with Crippen LogP contribution in [0.1, 0.15) is 62.3 Å². The summed E-state index contributed by atoms with van der Waals surface area (Å²) in [6.45, 7) is 12.4. The molecule has 1 atom stereocenters. The van der Waals surface area contributed by atoms with Crippen molar-refractivity contribution >= 4 is 33.3 Å². The number of benzene rings is 2. The van der Waals surface area contributed by atoms with E-state index in [2.05, 4.69) is 73.7 Å². The number of rotatable bonds is 3. The fourth-order valence-corrected chi connectivity index (χ4v) is 4.63. The van der Waals surface area contributed by atoms with Crippen LogP contribution < -0.4 is 4.90 Å². The van der Waals surface area contributed by atoms with Crippen molar-refractivity contribution in [3.63, 3.8) is 0 Å². The molecule has 140 valence electrons. The van der Waals surface area contributed by atoms with Crippen LogP contribution in [-0.2, 0) is 0 Å². The number of fused-ring (bicyclic) bond motifs is 1. The second kappa shape index (κ2) is 7.52. The summed E-state index contributed by atoms with van der Waals surface area (Å²) < 4.78 is 1.02. The van der Waals surface area contributed by atoms with Crippen LogP contribution in [0.5, 0.6) is 0 Å². The summed E-state index contributed by atoms with van der Waals surface area (Å²) in [5.74, 6) is 0.503. The number of anilines is 1. The first kappa shape index (κ1) is 19.7. The number of hydrogen-bond acceptors (Lipinski definition) is 2. The first-order valence-electron chi connectivity index (χ1n) is 9.56. The first-order chi connectivity index (χ1) is 12.8. The second-order valence-corrected chi connectivity index (χ2v) is 9.02. The number of halogens is 1. The average Bonchev–Trinajstić information content (AvgIpc) is 2.61. The summed E-state index contributed by atoms with van der Waals surface area (Å²) >= 11 is 3.46. The van der Waals surface area contributed by atoms with Crippen LogP contribution in [0, 0.1) is 18.3 Å². The van der Waals surface area contributed by atoms with Gasteiger partial charge < -0.3 is 4.90 Å². The monoisotopic (exact) mass is 422 g/mol. The quantitative estimate of drug-likeness (QED) is 0.395. The molecule has 0 fully saturated rings. The molecule has 27 heavy (non-hydrogen) atoms. The van der Waals surface area contributed by atoms with Crippen LogP contribution in [0.2, 0.25) is 0 Å². The topological polar surface area (TPSA) is 27.0 Å². The van der Waals surface area contributed by atoms with Crippen molar-refractivity contribution in [3.05, 3.63) is 63.1 Å². The van der Waals surface area contributed by atoms with Crippen LogP contribution in [0.15, 0.2) is 40.9 Å². The van der Waals surface area contributed by atoms with Crippen molar-refractivity contribution in [2.24, 2.45) is 0 Å². The lowest BCUT2D eigenvalue weighted by atomic mass is 9.79. The smallest absolute Gasteiger partial charge is 0.0998 e. The standard InChI is InChI=1S/C24H27BrN2/c1-6-27-23-11-16(2)19(13-22(23)17(3)14-24(27,4)5)12-20(15-26)18-7-9-21(25)10-8-18/h7-13,17H,6,14H2,1-5H3/b20-12-/t17-/m0/s1. The minimum atomic E-state index is 0.167. The summed E-state index contributed by atoms with van der Waals surface area (Å²) in [7, 11) is 0. The minimum absolute atomic E-state index is 0.167. The Balaban J connectivity index is 2.10.